The Hall–Kier alpha value is -1.31. The van der Waals surface area contributed by atoms with Crippen LogP contribution in [0.4, 0.5) is 0 Å². The number of amides is 1. The number of carbonyl (C=O) groups excluding carboxylic acids is 1. The molecule has 0 heterocycles. The third kappa shape index (κ3) is 3.09. The molecule has 0 saturated heterocycles. The molecule has 86 valence electrons. The summed E-state index contributed by atoms with van der Waals surface area (Å²) in [7, 11) is 0. The summed E-state index contributed by atoms with van der Waals surface area (Å²) in [5, 5.41) is 3.13. The van der Waals surface area contributed by atoms with Gasteiger partial charge >= 0.3 is 0 Å². The molecule has 0 aromatic heterocycles. The first kappa shape index (κ1) is 11.2. The first-order chi connectivity index (χ1) is 7.57. The maximum Gasteiger partial charge on any atom is 0.223 e. The minimum Gasteiger partial charge on any atom is -0.351 e. The Morgan fingerprint density at radius 3 is 2.50 bits per heavy atom. The van der Waals surface area contributed by atoms with Gasteiger partial charge in [-0.1, -0.05) is 30.3 Å². The fourth-order valence-electron chi connectivity index (χ4n) is 1.93. The van der Waals surface area contributed by atoms with Crippen molar-refractivity contribution >= 4 is 5.91 Å². The Balaban J connectivity index is 1.93. The van der Waals surface area contributed by atoms with Crippen molar-refractivity contribution in [1.82, 2.24) is 5.32 Å². The Morgan fingerprint density at radius 1 is 1.31 bits per heavy atom. The molecular formula is C14H19NO. The molecule has 0 radical (unpaired) electrons. The highest BCUT2D eigenvalue weighted by Crippen LogP contribution is 2.29. The van der Waals surface area contributed by atoms with Crippen LogP contribution in [0.1, 0.15) is 32.3 Å². The number of benzene rings is 1. The van der Waals surface area contributed by atoms with E-state index >= 15 is 0 Å². The molecule has 0 unspecified atom stereocenters. The van der Waals surface area contributed by atoms with Crippen molar-refractivity contribution in [3.8, 4) is 0 Å². The summed E-state index contributed by atoms with van der Waals surface area (Å²) in [6.07, 6.45) is 3.01. The molecule has 1 aromatic carbocycles. The van der Waals surface area contributed by atoms with Crippen LogP contribution in [0.3, 0.4) is 0 Å². The minimum atomic E-state index is -0.152. The van der Waals surface area contributed by atoms with Gasteiger partial charge in [0, 0.05) is 11.5 Å². The van der Waals surface area contributed by atoms with E-state index in [4.69, 9.17) is 0 Å². The van der Waals surface area contributed by atoms with Gasteiger partial charge in [0.25, 0.3) is 0 Å². The van der Waals surface area contributed by atoms with Gasteiger partial charge in [0.2, 0.25) is 5.91 Å². The van der Waals surface area contributed by atoms with Crippen LogP contribution in [-0.2, 0) is 11.2 Å². The van der Waals surface area contributed by atoms with Crippen molar-refractivity contribution in [3.05, 3.63) is 35.9 Å². The predicted molar refractivity (Wildman–Crippen MR) is 65.1 cm³/mol. The van der Waals surface area contributed by atoms with E-state index in [2.05, 4.69) is 31.3 Å². The summed E-state index contributed by atoms with van der Waals surface area (Å²) in [5.74, 6) is 0.510. The quantitative estimate of drug-likeness (QED) is 0.825. The van der Waals surface area contributed by atoms with Crippen molar-refractivity contribution in [3.63, 3.8) is 0 Å². The van der Waals surface area contributed by atoms with Crippen LogP contribution < -0.4 is 5.32 Å². The SMILES string of the molecule is CC(C)(Cc1ccccc1)NC(=O)C1CC1. The number of hydrogen-bond donors (Lipinski definition) is 1. The summed E-state index contributed by atoms with van der Waals surface area (Å²) in [6.45, 7) is 4.17. The first-order valence-corrected chi connectivity index (χ1v) is 5.93. The Labute approximate surface area is 97.1 Å². The molecule has 0 spiro atoms. The summed E-state index contributed by atoms with van der Waals surface area (Å²) < 4.78 is 0. The van der Waals surface area contributed by atoms with E-state index in [0.717, 1.165) is 19.3 Å². The molecule has 0 bridgehead atoms. The summed E-state index contributed by atoms with van der Waals surface area (Å²) in [5.41, 5.74) is 1.12. The topological polar surface area (TPSA) is 29.1 Å². The standard InChI is InChI=1S/C14H19NO/c1-14(2,15-13(16)12-8-9-12)10-11-6-4-3-5-7-11/h3-7,12H,8-10H2,1-2H3,(H,15,16). The van der Waals surface area contributed by atoms with Crippen molar-refractivity contribution in [2.75, 3.05) is 0 Å². The van der Waals surface area contributed by atoms with E-state index in [1.54, 1.807) is 0 Å². The normalized spacial score (nSPS) is 15.9. The van der Waals surface area contributed by atoms with E-state index in [0.29, 0.717) is 0 Å². The minimum absolute atomic E-state index is 0.152. The van der Waals surface area contributed by atoms with Gasteiger partial charge in [-0.3, -0.25) is 4.79 Å². The van der Waals surface area contributed by atoms with Gasteiger partial charge in [0.15, 0.2) is 0 Å². The van der Waals surface area contributed by atoms with E-state index in [9.17, 15) is 4.79 Å². The first-order valence-electron chi connectivity index (χ1n) is 5.93. The van der Waals surface area contributed by atoms with Gasteiger partial charge < -0.3 is 5.32 Å². The average molecular weight is 217 g/mol. The van der Waals surface area contributed by atoms with Crippen LogP contribution in [0.2, 0.25) is 0 Å². The molecule has 1 fully saturated rings. The average Bonchev–Trinajstić information content (AvgIpc) is 3.00. The molecule has 1 amide bonds. The van der Waals surface area contributed by atoms with Crippen molar-refractivity contribution in [2.45, 2.75) is 38.6 Å². The molecule has 1 N–H and O–H groups in total. The van der Waals surface area contributed by atoms with Gasteiger partial charge in [-0.05, 0) is 38.7 Å². The smallest absolute Gasteiger partial charge is 0.223 e. The lowest BCUT2D eigenvalue weighted by Crippen LogP contribution is -2.45. The number of carbonyl (C=O) groups is 1. The Bertz CT molecular complexity index is 366. The monoisotopic (exact) mass is 217 g/mol. The lowest BCUT2D eigenvalue weighted by atomic mass is 9.94. The molecule has 1 aliphatic carbocycles. The van der Waals surface area contributed by atoms with E-state index in [1.165, 1.54) is 5.56 Å². The van der Waals surface area contributed by atoms with E-state index in [-0.39, 0.29) is 17.4 Å². The molecule has 2 heteroatoms. The zero-order valence-corrected chi connectivity index (χ0v) is 9.99. The Kier molecular flexibility index (Phi) is 2.99. The molecule has 2 nitrogen and oxygen atoms in total. The lowest BCUT2D eigenvalue weighted by Gasteiger charge is -2.26. The summed E-state index contributed by atoms with van der Waals surface area (Å²) in [6, 6.07) is 10.3. The van der Waals surface area contributed by atoms with E-state index < -0.39 is 0 Å². The molecular weight excluding hydrogens is 198 g/mol. The van der Waals surface area contributed by atoms with Crippen molar-refractivity contribution in [1.29, 1.82) is 0 Å². The lowest BCUT2D eigenvalue weighted by molar-refractivity contribution is -0.123. The molecule has 2 rings (SSSR count). The maximum absolute atomic E-state index is 11.7. The molecule has 0 aliphatic heterocycles. The van der Waals surface area contributed by atoms with Crippen molar-refractivity contribution < 1.29 is 4.79 Å². The van der Waals surface area contributed by atoms with Crippen LogP contribution in [0.25, 0.3) is 0 Å². The summed E-state index contributed by atoms with van der Waals surface area (Å²) >= 11 is 0. The fourth-order valence-corrected chi connectivity index (χ4v) is 1.93. The van der Waals surface area contributed by atoms with Gasteiger partial charge in [0.05, 0.1) is 0 Å². The number of hydrogen-bond acceptors (Lipinski definition) is 1. The second kappa shape index (κ2) is 4.28. The number of nitrogens with one attached hydrogen (secondary N) is 1. The van der Waals surface area contributed by atoms with Crippen molar-refractivity contribution in [2.24, 2.45) is 5.92 Å². The van der Waals surface area contributed by atoms with Gasteiger partial charge in [-0.25, -0.2) is 0 Å². The third-order valence-corrected chi connectivity index (χ3v) is 2.90. The molecule has 0 atom stereocenters. The highest BCUT2D eigenvalue weighted by Gasteiger charge is 2.32. The zero-order valence-electron chi connectivity index (χ0n) is 9.99. The fraction of sp³-hybridized carbons (Fsp3) is 0.500. The van der Waals surface area contributed by atoms with Crippen LogP contribution in [-0.4, -0.2) is 11.4 Å². The van der Waals surface area contributed by atoms with Gasteiger partial charge in [-0.15, -0.1) is 0 Å². The number of rotatable bonds is 4. The molecule has 1 aromatic rings. The second-order valence-electron chi connectivity index (χ2n) is 5.31. The predicted octanol–water partition coefficient (Wildman–Crippen LogP) is 2.53. The Morgan fingerprint density at radius 2 is 1.94 bits per heavy atom. The summed E-state index contributed by atoms with van der Waals surface area (Å²) in [4.78, 5) is 11.7. The molecule has 1 aliphatic rings. The van der Waals surface area contributed by atoms with E-state index in [1.807, 2.05) is 18.2 Å². The van der Waals surface area contributed by atoms with Crippen LogP contribution >= 0.6 is 0 Å². The third-order valence-electron chi connectivity index (χ3n) is 2.90. The van der Waals surface area contributed by atoms with Gasteiger partial charge in [0.1, 0.15) is 0 Å². The largest absolute Gasteiger partial charge is 0.351 e. The zero-order chi connectivity index (χ0) is 11.6. The van der Waals surface area contributed by atoms with Crippen LogP contribution in [0.5, 0.6) is 0 Å². The second-order valence-corrected chi connectivity index (χ2v) is 5.31. The van der Waals surface area contributed by atoms with Crippen LogP contribution in [0, 0.1) is 5.92 Å². The maximum atomic E-state index is 11.7. The van der Waals surface area contributed by atoms with Crippen LogP contribution in [0.15, 0.2) is 30.3 Å². The highest BCUT2D eigenvalue weighted by atomic mass is 16.2. The highest BCUT2D eigenvalue weighted by molar-refractivity contribution is 5.81. The molecule has 1 saturated carbocycles. The molecule has 16 heavy (non-hydrogen) atoms. The van der Waals surface area contributed by atoms with Gasteiger partial charge in [-0.2, -0.15) is 0 Å².